The van der Waals surface area contributed by atoms with Gasteiger partial charge in [0.15, 0.2) is 0 Å². The van der Waals surface area contributed by atoms with Crippen LogP contribution in [0.15, 0.2) is 23.1 Å². The summed E-state index contributed by atoms with van der Waals surface area (Å²) >= 11 is 0. The van der Waals surface area contributed by atoms with E-state index in [1.165, 1.54) is 0 Å². The zero-order chi connectivity index (χ0) is 13.3. The van der Waals surface area contributed by atoms with Crippen molar-refractivity contribution in [1.82, 2.24) is 4.72 Å². The molecule has 6 heteroatoms. The van der Waals surface area contributed by atoms with E-state index in [0.717, 1.165) is 43.7 Å². The van der Waals surface area contributed by atoms with Crippen LogP contribution in [0.5, 0.6) is 0 Å². The number of anilines is 1. The fraction of sp³-hybridized carbons (Fsp3) is 0.538. The molecule has 0 bridgehead atoms. The lowest BCUT2D eigenvalue weighted by Crippen LogP contribution is -2.40. The Balaban J connectivity index is 1.79. The second-order valence-corrected chi connectivity index (χ2v) is 6.75. The topological polar surface area (TPSA) is 67.4 Å². The summed E-state index contributed by atoms with van der Waals surface area (Å²) in [5.41, 5.74) is 2.11. The molecule has 1 atom stereocenters. The molecule has 1 unspecified atom stereocenters. The monoisotopic (exact) mass is 282 g/mol. The van der Waals surface area contributed by atoms with E-state index in [2.05, 4.69) is 10.0 Å². The van der Waals surface area contributed by atoms with Crippen molar-refractivity contribution in [2.24, 2.45) is 0 Å². The Bertz CT molecular complexity index is 565. The van der Waals surface area contributed by atoms with E-state index in [0.29, 0.717) is 11.5 Å². The molecule has 0 saturated carbocycles. The second kappa shape index (κ2) is 5.11. The van der Waals surface area contributed by atoms with Gasteiger partial charge in [-0.05, 0) is 43.0 Å². The molecule has 1 fully saturated rings. The van der Waals surface area contributed by atoms with Gasteiger partial charge in [0.05, 0.1) is 11.5 Å². The lowest BCUT2D eigenvalue weighted by Gasteiger charge is -2.23. The Hall–Kier alpha value is -1.11. The molecule has 1 aromatic rings. The number of sulfonamides is 1. The molecular weight excluding hydrogens is 264 g/mol. The first-order valence-corrected chi connectivity index (χ1v) is 8.10. The van der Waals surface area contributed by atoms with Crippen LogP contribution in [0.4, 0.5) is 5.69 Å². The van der Waals surface area contributed by atoms with E-state index < -0.39 is 10.0 Å². The van der Waals surface area contributed by atoms with Crippen molar-refractivity contribution in [1.29, 1.82) is 0 Å². The minimum absolute atomic E-state index is 0.106. The quantitative estimate of drug-likeness (QED) is 0.871. The molecule has 0 aliphatic carbocycles. The van der Waals surface area contributed by atoms with Gasteiger partial charge in [-0.15, -0.1) is 0 Å². The van der Waals surface area contributed by atoms with Gasteiger partial charge in [0.2, 0.25) is 10.0 Å². The van der Waals surface area contributed by atoms with Crippen LogP contribution < -0.4 is 10.0 Å². The van der Waals surface area contributed by atoms with Crippen LogP contribution >= 0.6 is 0 Å². The van der Waals surface area contributed by atoms with E-state index in [9.17, 15) is 8.42 Å². The molecule has 0 amide bonds. The van der Waals surface area contributed by atoms with Gasteiger partial charge >= 0.3 is 0 Å². The number of fused-ring (bicyclic) bond motifs is 1. The SMILES string of the molecule is O=S(=O)(NC1CCCOC1)c1ccc2c(c1)CCN2. The Labute approximate surface area is 113 Å². The average Bonchev–Trinajstić information content (AvgIpc) is 2.86. The first-order chi connectivity index (χ1) is 9.15. The number of ether oxygens (including phenoxy) is 1. The van der Waals surface area contributed by atoms with Crippen molar-refractivity contribution in [2.45, 2.75) is 30.2 Å². The van der Waals surface area contributed by atoms with Crippen molar-refractivity contribution in [3.05, 3.63) is 23.8 Å². The standard InChI is InChI=1S/C13H18N2O3S/c16-19(17,15-11-2-1-7-18-9-11)12-3-4-13-10(8-12)5-6-14-13/h3-4,8,11,14-15H,1-2,5-7,9H2. The van der Waals surface area contributed by atoms with Gasteiger partial charge in [0.25, 0.3) is 0 Å². The lowest BCUT2D eigenvalue weighted by molar-refractivity contribution is 0.0774. The number of nitrogens with one attached hydrogen (secondary N) is 2. The molecule has 19 heavy (non-hydrogen) atoms. The molecule has 2 N–H and O–H groups in total. The van der Waals surface area contributed by atoms with Crippen LogP contribution in [-0.2, 0) is 21.2 Å². The van der Waals surface area contributed by atoms with E-state index in [1.54, 1.807) is 12.1 Å². The molecule has 0 radical (unpaired) electrons. The molecule has 5 nitrogen and oxygen atoms in total. The predicted octanol–water partition coefficient (Wildman–Crippen LogP) is 1.11. The molecular formula is C13H18N2O3S. The zero-order valence-electron chi connectivity index (χ0n) is 10.7. The summed E-state index contributed by atoms with van der Waals surface area (Å²) in [6, 6.07) is 5.16. The molecule has 0 spiro atoms. The molecule has 1 saturated heterocycles. The van der Waals surface area contributed by atoms with Crippen LogP contribution in [-0.4, -0.2) is 34.2 Å². The Morgan fingerprint density at radius 3 is 3.05 bits per heavy atom. The van der Waals surface area contributed by atoms with E-state index in [-0.39, 0.29) is 6.04 Å². The van der Waals surface area contributed by atoms with Crippen LogP contribution in [0.25, 0.3) is 0 Å². The Morgan fingerprint density at radius 1 is 1.37 bits per heavy atom. The average molecular weight is 282 g/mol. The largest absolute Gasteiger partial charge is 0.384 e. The highest BCUT2D eigenvalue weighted by Crippen LogP contribution is 2.25. The van der Waals surface area contributed by atoms with Crippen LogP contribution in [0.2, 0.25) is 0 Å². The molecule has 3 rings (SSSR count). The summed E-state index contributed by atoms with van der Waals surface area (Å²) in [5, 5.41) is 3.22. The Kier molecular flexibility index (Phi) is 3.47. The van der Waals surface area contributed by atoms with Gasteiger partial charge in [-0.3, -0.25) is 0 Å². The third-order valence-electron chi connectivity index (χ3n) is 3.58. The highest BCUT2D eigenvalue weighted by molar-refractivity contribution is 7.89. The Morgan fingerprint density at radius 2 is 2.26 bits per heavy atom. The normalized spacial score (nSPS) is 22.8. The number of benzene rings is 1. The van der Waals surface area contributed by atoms with Crippen molar-refractivity contribution in [3.8, 4) is 0 Å². The van der Waals surface area contributed by atoms with E-state index >= 15 is 0 Å². The number of hydrogen-bond acceptors (Lipinski definition) is 4. The second-order valence-electron chi connectivity index (χ2n) is 5.03. The fourth-order valence-electron chi connectivity index (χ4n) is 2.57. The summed E-state index contributed by atoms with van der Waals surface area (Å²) in [5.74, 6) is 0. The maximum absolute atomic E-state index is 12.3. The molecule has 2 heterocycles. The van der Waals surface area contributed by atoms with Crippen molar-refractivity contribution >= 4 is 15.7 Å². The molecule has 2 aliphatic rings. The third kappa shape index (κ3) is 2.75. The van der Waals surface area contributed by atoms with E-state index in [1.807, 2.05) is 6.07 Å². The molecule has 0 aromatic heterocycles. The lowest BCUT2D eigenvalue weighted by atomic mass is 10.1. The number of rotatable bonds is 3. The van der Waals surface area contributed by atoms with Gasteiger partial charge in [0, 0.05) is 24.9 Å². The van der Waals surface area contributed by atoms with Gasteiger partial charge in [-0.2, -0.15) is 0 Å². The predicted molar refractivity (Wildman–Crippen MR) is 72.8 cm³/mol. The summed E-state index contributed by atoms with van der Waals surface area (Å²) in [4.78, 5) is 0.348. The fourth-order valence-corrected chi connectivity index (χ4v) is 3.87. The highest BCUT2D eigenvalue weighted by atomic mass is 32.2. The van der Waals surface area contributed by atoms with Crippen molar-refractivity contribution < 1.29 is 13.2 Å². The van der Waals surface area contributed by atoms with Gasteiger partial charge in [-0.25, -0.2) is 13.1 Å². The van der Waals surface area contributed by atoms with Gasteiger partial charge < -0.3 is 10.1 Å². The summed E-state index contributed by atoms with van der Waals surface area (Å²) in [6.45, 7) is 2.07. The summed E-state index contributed by atoms with van der Waals surface area (Å²) in [7, 11) is -3.44. The molecule has 1 aromatic carbocycles. The van der Waals surface area contributed by atoms with Crippen LogP contribution in [0.3, 0.4) is 0 Å². The summed E-state index contributed by atoms with van der Waals surface area (Å²) < 4.78 is 32.7. The third-order valence-corrected chi connectivity index (χ3v) is 5.10. The number of hydrogen-bond donors (Lipinski definition) is 2. The smallest absolute Gasteiger partial charge is 0.240 e. The van der Waals surface area contributed by atoms with Crippen molar-refractivity contribution in [3.63, 3.8) is 0 Å². The summed E-state index contributed by atoms with van der Waals surface area (Å²) in [6.07, 6.45) is 2.62. The van der Waals surface area contributed by atoms with Gasteiger partial charge in [0.1, 0.15) is 0 Å². The van der Waals surface area contributed by atoms with Crippen molar-refractivity contribution in [2.75, 3.05) is 25.1 Å². The minimum Gasteiger partial charge on any atom is -0.384 e. The maximum atomic E-state index is 12.3. The van der Waals surface area contributed by atoms with E-state index in [4.69, 9.17) is 4.74 Å². The molecule has 2 aliphatic heterocycles. The van der Waals surface area contributed by atoms with Crippen LogP contribution in [0.1, 0.15) is 18.4 Å². The first-order valence-electron chi connectivity index (χ1n) is 6.62. The zero-order valence-corrected chi connectivity index (χ0v) is 11.5. The molecule has 104 valence electrons. The highest BCUT2D eigenvalue weighted by Gasteiger charge is 2.23. The van der Waals surface area contributed by atoms with Gasteiger partial charge in [-0.1, -0.05) is 0 Å². The van der Waals surface area contributed by atoms with Crippen LogP contribution in [0, 0.1) is 0 Å². The maximum Gasteiger partial charge on any atom is 0.240 e. The minimum atomic E-state index is -3.44. The first kappa shape index (κ1) is 12.9.